The number of para-hydroxylation sites is 2. The number of nitrogens with two attached hydrogens (primary N) is 1. The van der Waals surface area contributed by atoms with Crippen molar-refractivity contribution in [3.05, 3.63) is 89.7 Å². The molecule has 0 saturated carbocycles. The first kappa shape index (κ1) is 18.6. The number of nitrogens with one attached hydrogen (secondary N) is 1. The van der Waals surface area contributed by atoms with Crippen LogP contribution in [-0.2, 0) is 11.2 Å². The van der Waals surface area contributed by atoms with Crippen LogP contribution in [0.1, 0.15) is 15.9 Å². The lowest BCUT2D eigenvalue weighted by molar-refractivity contribution is -0.119. The second-order valence-electron chi connectivity index (χ2n) is 6.78. The van der Waals surface area contributed by atoms with Crippen molar-refractivity contribution >= 4 is 33.6 Å². The second kappa shape index (κ2) is 7.67. The molecule has 144 valence electrons. The zero-order valence-electron chi connectivity index (χ0n) is 15.4. The smallest absolute Gasteiger partial charge is 0.253 e. The van der Waals surface area contributed by atoms with E-state index in [1.54, 1.807) is 12.1 Å². The molecule has 4 aromatic rings. The van der Waals surface area contributed by atoms with E-state index in [2.05, 4.69) is 10.3 Å². The van der Waals surface area contributed by atoms with Crippen molar-refractivity contribution in [3.63, 3.8) is 0 Å². The van der Waals surface area contributed by atoms with Crippen LogP contribution >= 0.6 is 0 Å². The Morgan fingerprint density at radius 3 is 2.00 bits per heavy atom. The van der Waals surface area contributed by atoms with Crippen molar-refractivity contribution in [2.45, 2.75) is 12.5 Å². The summed E-state index contributed by atoms with van der Waals surface area (Å²) in [4.78, 5) is 29.8. The van der Waals surface area contributed by atoms with Crippen LogP contribution in [0, 0.1) is 5.82 Å². The van der Waals surface area contributed by atoms with E-state index in [9.17, 15) is 14.0 Å². The van der Waals surface area contributed by atoms with Gasteiger partial charge in [-0.3, -0.25) is 9.59 Å². The highest BCUT2D eigenvalue weighted by molar-refractivity contribution is 6.16. The highest BCUT2D eigenvalue weighted by Gasteiger charge is 2.22. The molecule has 6 heteroatoms. The van der Waals surface area contributed by atoms with E-state index >= 15 is 0 Å². The van der Waals surface area contributed by atoms with Crippen molar-refractivity contribution in [2.24, 2.45) is 5.73 Å². The lowest BCUT2D eigenvalue weighted by atomic mass is 10.0. The van der Waals surface area contributed by atoms with Gasteiger partial charge in [0.1, 0.15) is 11.9 Å². The third-order valence-electron chi connectivity index (χ3n) is 4.82. The molecule has 29 heavy (non-hydrogen) atoms. The number of pyridine rings is 1. The lowest BCUT2D eigenvalue weighted by Crippen LogP contribution is -2.46. The average molecular weight is 387 g/mol. The van der Waals surface area contributed by atoms with Crippen molar-refractivity contribution in [1.29, 1.82) is 0 Å². The third kappa shape index (κ3) is 3.78. The molecule has 4 rings (SSSR count). The average Bonchev–Trinajstić information content (AvgIpc) is 2.72. The second-order valence-corrected chi connectivity index (χ2v) is 6.78. The lowest BCUT2D eigenvalue weighted by Gasteiger charge is -2.17. The van der Waals surface area contributed by atoms with Crippen LogP contribution in [0.2, 0.25) is 0 Å². The molecule has 0 aliphatic heterocycles. The molecule has 3 N–H and O–H groups in total. The third-order valence-corrected chi connectivity index (χ3v) is 4.82. The largest absolute Gasteiger partial charge is 0.368 e. The Labute approximate surface area is 166 Å². The molecule has 0 radical (unpaired) electrons. The maximum absolute atomic E-state index is 13.2. The van der Waals surface area contributed by atoms with E-state index in [0.29, 0.717) is 32.9 Å². The number of halogens is 1. The number of aromatic nitrogens is 1. The van der Waals surface area contributed by atoms with Gasteiger partial charge in [0.25, 0.3) is 5.91 Å². The van der Waals surface area contributed by atoms with Gasteiger partial charge in [-0.05, 0) is 29.8 Å². The molecule has 5 nitrogen and oxygen atoms in total. The quantitative estimate of drug-likeness (QED) is 0.515. The van der Waals surface area contributed by atoms with Crippen LogP contribution in [0.5, 0.6) is 0 Å². The number of nitrogens with zero attached hydrogens (tertiary/aromatic N) is 1. The minimum atomic E-state index is -0.932. The summed E-state index contributed by atoms with van der Waals surface area (Å²) in [6.07, 6.45) is 0.169. The number of hydrogen-bond acceptors (Lipinski definition) is 3. The summed E-state index contributed by atoms with van der Waals surface area (Å²) < 4.78 is 13.1. The summed E-state index contributed by atoms with van der Waals surface area (Å²) in [6.45, 7) is 0. The number of rotatable bonds is 5. The number of hydrogen-bond donors (Lipinski definition) is 2. The minimum absolute atomic E-state index is 0.169. The number of fused-ring (bicyclic) bond motifs is 2. The van der Waals surface area contributed by atoms with Crippen LogP contribution < -0.4 is 11.1 Å². The van der Waals surface area contributed by atoms with Crippen molar-refractivity contribution in [3.8, 4) is 0 Å². The molecule has 0 saturated heterocycles. The fourth-order valence-corrected chi connectivity index (χ4v) is 3.39. The van der Waals surface area contributed by atoms with Crippen molar-refractivity contribution in [1.82, 2.24) is 10.3 Å². The van der Waals surface area contributed by atoms with E-state index in [1.165, 1.54) is 12.1 Å². The van der Waals surface area contributed by atoms with Gasteiger partial charge < -0.3 is 11.1 Å². The first-order valence-corrected chi connectivity index (χ1v) is 9.15. The number of primary amides is 1. The monoisotopic (exact) mass is 387 g/mol. The van der Waals surface area contributed by atoms with Gasteiger partial charge in [-0.25, -0.2) is 9.37 Å². The summed E-state index contributed by atoms with van der Waals surface area (Å²) >= 11 is 0. The fraction of sp³-hybridized carbons (Fsp3) is 0.0870. The van der Waals surface area contributed by atoms with Gasteiger partial charge in [-0.2, -0.15) is 0 Å². The number of carbonyl (C=O) groups is 2. The topological polar surface area (TPSA) is 85.1 Å². The van der Waals surface area contributed by atoms with Gasteiger partial charge in [0, 0.05) is 17.2 Å². The molecule has 2 amide bonds. The standard InChI is InChI=1S/C23H18FN3O2/c24-15-11-9-14(10-12-15)13-20(22(25)28)27-23(29)21-16-5-1-3-7-18(16)26-19-8-4-2-6-17(19)21/h1-12,20H,13H2,(H2,25,28)(H,27,29)/t20-/m1/s1. The van der Waals surface area contributed by atoms with Gasteiger partial charge in [0.15, 0.2) is 0 Å². The van der Waals surface area contributed by atoms with Crippen molar-refractivity contribution in [2.75, 3.05) is 0 Å². The molecule has 0 fully saturated rings. The SMILES string of the molecule is NC(=O)[C@@H](Cc1ccc(F)cc1)NC(=O)c1c2ccccc2nc2ccccc12. The first-order valence-electron chi connectivity index (χ1n) is 9.15. The summed E-state index contributed by atoms with van der Waals surface area (Å²) in [5.74, 6) is -1.45. The Morgan fingerprint density at radius 2 is 1.45 bits per heavy atom. The van der Waals surface area contributed by atoms with Crippen molar-refractivity contribution < 1.29 is 14.0 Å². The predicted molar refractivity (Wildman–Crippen MR) is 110 cm³/mol. The zero-order valence-corrected chi connectivity index (χ0v) is 15.4. The number of carbonyl (C=O) groups excluding carboxylic acids is 2. The zero-order chi connectivity index (χ0) is 20.4. The Bertz CT molecular complexity index is 1170. The Hall–Kier alpha value is -3.80. The maximum Gasteiger partial charge on any atom is 0.253 e. The molecule has 1 atom stereocenters. The highest BCUT2D eigenvalue weighted by atomic mass is 19.1. The van der Waals surface area contributed by atoms with E-state index in [0.717, 1.165) is 0 Å². The first-order chi connectivity index (χ1) is 14.0. The van der Waals surface area contributed by atoms with E-state index in [-0.39, 0.29) is 12.2 Å². The molecule has 0 aliphatic carbocycles. The molecule has 0 aliphatic rings. The normalized spacial score (nSPS) is 12.0. The van der Waals surface area contributed by atoms with Crippen LogP contribution in [-0.4, -0.2) is 22.8 Å². The van der Waals surface area contributed by atoms with E-state index < -0.39 is 17.9 Å². The summed E-state index contributed by atoms with van der Waals surface area (Å²) in [7, 11) is 0. The van der Waals surface area contributed by atoms with Crippen LogP contribution in [0.4, 0.5) is 4.39 Å². The Morgan fingerprint density at radius 1 is 0.897 bits per heavy atom. The molecule has 3 aromatic carbocycles. The Balaban J connectivity index is 1.73. The maximum atomic E-state index is 13.2. The molecule has 1 heterocycles. The molecular formula is C23H18FN3O2. The van der Waals surface area contributed by atoms with Gasteiger partial charge in [-0.15, -0.1) is 0 Å². The number of benzene rings is 3. The molecule has 0 bridgehead atoms. The van der Waals surface area contributed by atoms with Gasteiger partial charge in [-0.1, -0.05) is 48.5 Å². The van der Waals surface area contributed by atoms with Gasteiger partial charge in [0.2, 0.25) is 5.91 Å². The van der Waals surface area contributed by atoms with Crippen LogP contribution in [0.3, 0.4) is 0 Å². The predicted octanol–water partition coefficient (Wildman–Crippen LogP) is 3.35. The van der Waals surface area contributed by atoms with Crippen LogP contribution in [0.15, 0.2) is 72.8 Å². The summed E-state index contributed by atoms with van der Waals surface area (Å²) in [5.41, 5.74) is 8.03. The molecule has 1 aromatic heterocycles. The summed E-state index contributed by atoms with van der Waals surface area (Å²) in [5, 5.41) is 4.12. The fourth-order valence-electron chi connectivity index (χ4n) is 3.39. The van der Waals surface area contributed by atoms with Gasteiger partial charge in [0.05, 0.1) is 16.6 Å². The molecule has 0 unspecified atom stereocenters. The molecular weight excluding hydrogens is 369 g/mol. The van der Waals surface area contributed by atoms with Gasteiger partial charge >= 0.3 is 0 Å². The Kier molecular flexibility index (Phi) is 4.91. The van der Waals surface area contributed by atoms with E-state index in [4.69, 9.17) is 5.73 Å². The highest BCUT2D eigenvalue weighted by Crippen LogP contribution is 2.26. The molecule has 0 spiro atoms. The van der Waals surface area contributed by atoms with E-state index in [1.807, 2.05) is 48.5 Å². The van der Waals surface area contributed by atoms with Crippen LogP contribution in [0.25, 0.3) is 21.8 Å². The minimum Gasteiger partial charge on any atom is -0.368 e. The summed E-state index contributed by atoms with van der Waals surface area (Å²) in [6, 6.07) is 19.5. The number of amides is 2.